The third-order valence-corrected chi connectivity index (χ3v) is 15.5. The second-order valence-electron chi connectivity index (χ2n) is 24.9. The second-order valence-corrected chi connectivity index (χ2v) is 24.9. The smallest absolute Gasteiger partial charge is 0.269 e. The maximum absolute atomic E-state index is 9.27. The van der Waals surface area contributed by atoms with Gasteiger partial charge in [-0.25, -0.2) is 4.98 Å². The number of pyridine rings is 1. The largest absolute Gasteiger partial charge is 0.458 e. The molecule has 0 N–H and O–H groups in total. The van der Waals surface area contributed by atoms with E-state index in [0.717, 1.165) is 77.7 Å². The van der Waals surface area contributed by atoms with Gasteiger partial charge in [0, 0.05) is 28.6 Å². The molecule has 5 nitrogen and oxygen atoms in total. The molecule has 3 heterocycles. The lowest BCUT2D eigenvalue weighted by atomic mass is 9.75. The van der Waals surface area contributed by atoms with Crippen LogP contribution in [0.4, 0.5) is 0 Å². The second kappa shape index (κ2) is 19.2. The van der Waals surface area contributed by atoms with Gasteiger partial charge in [0.15, 0.2) is 0 Å². The minimum atomic E-state index is -0.440. The Labute approximate surface area is 463 Å². The number of benzene rings is 8. The summed E-state index contributed by atoms with van der Waals surface area (Å²) in [5, 5.41) is 2.21. The fourth-order valence-corrected chi connectivity index (χ4v) is 10.6. The number of nitrogens with zero attached hydrogens (tertiary/aromatic N) is 4. The van der Waals surface area contributed by atoms with E-state index in [1.54, 1.807) is 0 Å². The zero-order valence-corrected chi connectivity index (χ0v) is 46.9. The van der Waals surface area contributed by atoms with Crippen LogP contribution in [0.5, 0.6) is 11.5 Å². The summed E-state index contributed by atoms with van der Waals surface area (Å²) < 4.78 is 57.8. The molecule has 0 aliphatic rings. The highest BCUT2D eigenvalue weighted by Crippen LogP contribution is 2.43. The number of hydrogen-bond acceptors (Lipinski definition) is 2. The maximum Gasteiger partial charge on any atom is 0.269 e. The van der Waals surface area contributed by atoms with Crippen LogP contribution in [-0.2, 0) is 16.2 Å². The minimum absolute atomic E-state index is 0.0171. The summed E-state index contributed by atoms with van der Waals surface area (Å²) in [6, 6.07) is 52.8. The van der Waals surface area contributed by atoms with Crippen molar-refractivity contribution in [1.82, 2.24) is 14.1 Å². The van der Waals surface area contributed by atoms with Gasteiger partial charge >= 0.3 is 0 Å². The quantitative estimate of drug-likeness (QED) is 0.107. The highest BCUT2D eigenvalue weighted by atomic mass is 16.5. The van der Waals surface area contributed by atoms with Crippen molar-refractivity contribution in [1.29, 1.82) is 0 Å². The summed E-state index contributed by atoms with van der Waals surface area (Å²) in [5.74, 6) is 2.32. The van der Waals surface area contributed by atoms with Crippen LogP contribution in [0.15, 0.2) is 194 Å². The molecule has 0 bridgehead atoms. The van der Waals surface area contributed by atoms with Gasteiger partial charge in [0.05, 0.1) is 40.3 Å². The van der Waals surface area contributed by atoms with Crippen molar-refractivity contribution in [3.8, 4) is 62.1 Å². The Balaban J connectivity index is 1.05. The van der Waals surface area contributed by atoms with E-state index in [1.807, 2.05) is 75.9 Å². The van der Waals surface area contributed by atoms with Gasteiger partial charge in [-0.1, -0.05) is 229 Å². The van der Waals surface area contributed by atoms with Crippen LogP contribution >= 0.6 is 0 Å². The zero-order valence-electron chi connectivity index (χ0n) is 51.9. The van der Waals surface area contributed by atoms with Crippen LogP contribution in [0, 0.1) is 11.7 Å². The van der Waals surface area contributed by atoms with Gasteiger partial charge in [0.2, 0.25) is 0 Å². The molecular weight excluding hydrogens is 937 g/mol. The molecule has 0 aliphatic carbocycles. The van der Waals surface area contributed by atoms with Gasteiger partial charge in [-0.15, -0.1) is 0 Å². The monoisotopic (exact) mass is 1010 g/mol. The Kier molecular flexibility index (Phi) is 11.3. The van der Waals surface area contributed by atoms with Crippen LogP contribution in [-0.4, -0.2) is 14.1 Å². The van der Waals surface area contributed by atoms with Crippen molar-refractivity contribution in [2.45, 2.75) is 112 Å². The molecule has 0 aliphatic heterocycles. The molecule has 3 aromatic heterocycles. The van der Waals surface area contributed by atoms with Crippen LogP contribution in [0.3, 0.4) is 0 Å². The van der Waals surface area contributed by atoms with Crippen molar-refractivity contribution in [3.05, 3.63) is 223 Å². The average molecular weight is 1010 g/mol. The van der Waals surface area contributed by atoms with Gasteiger partial charge in [-0.2, -0.15) is 0 Å². The Morgan fingerprint density at radius 3 is 1.81 bits per heavy atom. The van der Waals surface area contributed by atoms with E-state index in [9.17, 15) is 2.74 Å². The Morgan fingerprint density at radius 2 is 1.13 bits per heavy atom. The third-order valence-electron chi connectivity index (χ3n) is 15.5. The van der Waals surface area contributed by atoms with Gasteiger partial charge in [0.25, 0.3) is 6.33 Å². The molecule has 11 aromatic rings. The molecule has 11 rings (SSSR count). The molecule has 5 heteroatoms. The molecule has 0 fully saturated rings. The highest BCUT2D eigenvalue weighted by Gasteiger charge is 2.28. The number of hydrogen-bond donors (Lipinski definition) is 0. The molecule has 386 valence electrons. The van der Waals surface area contributed by atoms with E-state index in [-0.39, 0.29) is 45.2 Å². The molecule has 8 aromatic carbocycles. The fourth-order valence-electron chi connectivity index (χ4n) is 10.6. The van der Waals surface area contributed by atoms with E-state index >= 15 is 0 Å². The molecule has 1 atom stereocenters. The Hall–Kier alpha value is -8.02. The van der Waals surface area contributed by atoms with E-state index < -0.39 is 18.1 Å². The molecule has 77 heavy (non-hydrogen) atoms. The molecule has 0 saturated heterocycles. The summed E-state index contributed by atoms with van der Waals surface area (Å²) in [6.45, 7) is 29.2. The van der Waals surface area contributed by atoms with E-state index in [0.29, 0.717) is 22.7 Å². The normalized spacial score (nSPS) is 13.9. The van der Waals surface area contributed by atoms with E-state index in [4.69, 9.17) is 13.8 Å². The van der Waals surface area contributed by atoms with Crippen LogP contribution < -0.4 is 9.30 Å². The number of ether oxygens (including phenoxy) is 1. The first-order valence-electron chi connectivity index (χ1n) is 29.4. The van der Waals surface area contributed by atoms with Gasteiger partial charge in [0.1, 0.15) is 17.3 Å². The Morgan fingerprint density at radius 1 is 0.519 bits per heavy atom. The summed E-state index contributed by atoms with van der Waals surface area (Å²) in [5.41, 5.74) is 14.2. The lowest BCUT2D eigenvalue weighted by Crippen LogP contribution is -2.31. The van der Waals surface area contributed by atoms with E-state index in [1.165, 1.54) is 11.1 Å². The van der Waals surface area contributed by atoms with Gasteiger partial charge in [-0.05, 0) is 120 Å². The molecule has 0 saturated carbocycles. The van der Waals surface area contributed by atoms with Gasteiger partial charge in [-0.3, -0.25) is 13.7 Å². The topological polar surface area (TPSA) is 35.9 Å². The van der Waals surface area contributed by atoms with E-state index in [2.05, 4.69) is 198 Å². The van der Waals surface area contributed by atoms with Crippen molar-refractivity contribution in [3.63, 3.8) is 0 Å². The number of aromatic nitrogens is 4. The zero-order chi connectivity index (χ0) is 58.5. The first kappa shape index (κ1) is 45.2. The number of rotatable bonds is 9. The molecule has 0 radical (unpaired) electrons. The Bertz CT molecular complexity index is 4250. The summed E-state index contributed by atoms with van der Waals surface area (Å²) in [7, 11) is 0. The SMILES string of the molecule is [2H]c1c([2H])c([2H])c(-c2cccc(-c3cc(C(C)(C)C)cc(C(C)(C)C)c3)c2-[n+]2[c-]n(-c3cccc(Oc4ccc5c6ccccc6n(-c6cc(C(C)C(C)(C)C)c(-c7ccc(C(C)(C)C)cc7)cn6)c5c4)c3)c3ccccc32)c([2H])c1[2H]. The van der Waals surface area contributed by atoms with Crippen LogP contribution in [0.25, 0.3) is 83.4 Å². The van der Waals surface area contributed by atoms with Crippen molar-refractivity contribution in [2.75, 3.05) is 0 Å². The first-order valence-corrected chi connectivity index (χ1v) is 26.9. The molecule has 1 unspecified atom stereocenters. The lowest BCUT2D eigenvalue weighted by Gasteiger charge is -2.30. The van der Waals surface area contributed by atoms with Crippen molar-refractivity contribution >= 4 is 32.8 Å². The van der Waals surface area contributed by atoms with Crippen LogP contribution in [0.1, 0.15) is 125 Å². The molecule has 0 spiro atoms. The fraction of sp³-hybridized carbons (Fsp3) is 0.250. The maximum atomic E-state index is 9.27. The predicted molar refractivity (Wildman–Crippen MR) is 323 cm³/mol. The minimum Gasteiger partial charge on any atom is -0.458 e. The third kappa shape index (κ3) is 9.78. The average Bonchev–Trinajstić information content (AvgIpc) is 2.57. The standard InChI is InChI=1S/C72H72N4O/c1-47(69(2,3)4)61-44-67(73-45-62(61)49-33-35-51(36-34-49)70(5,6)7)76-63-30-18-17-27-59(63)60-38-37-56(43-66(60)76)77-55-26-21-25-54(42-55)74-46-75(65-32-20-19-31-64(65)74)68-57(48-23-15-14-16-24-48)28-22-29-58(68)50-39-52(71(8,9)10)41-53(40-50)72(11,12)13/h14-45,47H,1-13H3/i14D,15D,16D,23D,24D. The lowest BCUT2D eigenvalue weighted by molar-refractivity contribution is -0.571. The first-order chi connectivity index (χ1) is 38.7. The molecule has 0 amide bonds. The number of imidazole rings is 1. The number of para-hydroxylation sites is 4. The summed E-state index contributed by atoms with van der Waals surface area (Å²) in [6.07, 6.45) is 5.78. The highest BCUT2D eigenvalue weighted by molar-refractivity contribution is 6.09. The van der Waals surface area contributed by atoms with Crippen molar-refractivity contribution in [2.24, 2.45) is 5.41 Å². The molecular formula is C72H72N4O. The number of fused-ring (bicyclic) bond motifs is 4. The summed E-state index contributed by atoms with van der Waals surface area (Å²) in [4.78, 5) is 5.26. The van der Waals surface area contributed by atoms with Crippen LogP contribution in [0.2, 0.25) is 0 Å². The predicted octanol–water partition coefficient (Wildman–Crippen LogP) is 19.0. The van der Waals surface area contributed by atoms with Gasteiger partial charge < -0.3 is 4.74 Å². The van der Waals surface area contributed by atoms with Crippen molar-refractivity contribution < 1.29 is 16.2 Å². The summed E-state index contributed by atoms with van der Waals surface area (Å²) >= 11 is 0.